The van der Waals surface area contributed by atoms with Gasteiger partial charge in [0.05, 0.1) is 18.8 Å². The molecule has 0 spiro atoms. The van der Waals surface area contributed by atoms with Crippen LogP contribution in [-0.4, -0.2) is 38.0 Å². The molecule has 1 fully saturated rings. The number of nitrogens with one attached hydrogen (secondary N) is 1. The lowest BCUT2D eigenvalue weighted by molar-refractivity contribution is 0.0178. The molecule has 1 heterocycles. The predicted molar refractivity (Wildman–Crippen MR) is 84.1 cm³/mol. The smallest absolute Gasteiger partial charge is 0.119 e. The fourth-order valence-corrected chi connectivity index (χ4v) is 2.41. The van der Waals surface area contributed by atoms with Gasteiger partial charge in [-0.3, -0.25) is 0 Å². The molecule has 1 aromatic rings. The summed E-state index contributed by atoms with van der Waals surface area (Å²) in [5, 5.41) is 3.42. The summed E-state index contributed by atoms with van der Waals surface area (Å²) in [4.78, 5) is 0. The Kier molecular flexibility index (Phi) is 6.33. The monoisotopic (exact) mass is 293 g/mol. The van der Waals surface area contributed by atoms with Crippen LogP contribution in [0.4, 0.5) is 0 Å². The van der Waals surface area contributed by atoms with Gasteiger partial charge in [0.15, 0.2) is 0 Å². The van der Waals surface area contributed by atoms with Crippen molar-refractivity contribution in [2.24, 2.45) is 0 Å². The Labute approximate surface area is 127 Å². The van der Waals surface area contributed by atoms with E-state index in [0.717, 1.165) is 30.9 Å². The van der Waals surface area contributed by atoms with Crippen LogP contribution in [0.25, 0.3) is 0 Å². The van der Waals surface area contributed by atoms with Gasteiger partial charge in [0.1, 0.15) is 18.1 Å². The normalized spacial score (nSPS) is 21.7. The number of hydrogen-bond donors (Lipinski definition) is 1. The van der Waals surface area contributed by atoms with Crippen LogP contribution in [0.5, 0.6) is 11.5 Å². The predicted octanol–water partition coefficient (Wildman–Crippen LogP) is 3.01. The van der Waals surface area contributed by atoms with Crippen molar-refractivity contribution < 1.29 is 14.2 Å². The van der Waals surface area contributed by atoms with Crippen LogP contribution in [0, 0.1) is 0 Å². The van der Waals surface area contributed by atoms with Crippen LogP contribution in [0.3, 0.4) is 0 Å². The molecular weight excluding hydrogens is 266 g/mol. The second kappa shape index (κ2) is 8.25. The number of rotatable bonds is 8. The highest BCUT2D eigenvalue weighted by Gasteiger charge is 2.25. The van der Waals surface area contributed by atoms with Crippen LogP contribution in [-0.2, 0) is 4.74 Å². The van der Waals surface area contributed by atoms with Crippen LogP contribution in [0.2, 0.25) is 0 Å². The first kappa shape index (κ1) is 16.1. The van der Waals surface area contributed by atoms with Crippen LogP contribution in [0.15, 0.2) is 24.3 Å². The molecule has 0 radical (unpaired) electrons. The molecule has 2 rings (SSSR count). The molecule has 4 heteroatoms. The van der Waals surface area contributed by atoms with E-state index in [9.17, 15) is 0 Å². The highest BCUT2D eigenvalue weighted by Crippen LogP contribution is 2.22. The summed E-state index contributed by atoms with van der Waals surface area (Å²) in [6.45, 7) is 8.51. The first-order chi connectivity index (χ1) is 10.2. The maximum Gasteiger partial charge on any atom is 0.119 e. The van der Waals surface area contributed by atoms with E-state index in [4.69, 9.17) is 14.2 Å². The van der Waals surface area contributed by atoms with Crippen molar-refractivity contribution in [2.45, 2.75) is 51.9 Å². The highest BCUT2D eigenvalue weighted by atomic mass is 16.5. The summed E-state index contributed by atoms with van der Waals surface area (Å²) in [6, 6.07) is 8.26. The number of ether oxygens (including phenoxy) is 3. The number of benzene rings is 1. The van der Waals surface area contributed by atoms with Crippen molar-refractivity contribution in [3.8, 4) is 11.5 Å². The van der Waals surface area contributed by atoms with Gasteiger partial charge < -0.3 is 19.5 Å². The van der Waals surface area contributed by atoms with E-state index in [2.05, 4.69) is 19.2 Å². The average molecular weight is 293 g/mol. The Morgan fingerprint density at radius 3 is 2.33 bits per heavy atom. The lowest BCUT2D eigenvalue weighted by Crippen LogP contribution is -2.32. The third-order valence-electron chi connectivity index (χ3n) is 3.52. The molecule has 2 atom stereocenters. The Balaban J connectivity index is 1.69. The van der Waals surface area contributed by atoms with E-state index < -0.39 is 0 Å². The van der Waals surface area contributed by atoms with Crippen molar-refractivity contribution in [3.05, 3.63) is 24.3 Å². The largest absolute Gasteiger partial charge is 0.494 e. The average Bonchev–Trinajstić information content (AvgIpc) is 2.93. The van der Waals surface area contributed by atoms with Gasteiger partial charge in [-0.05, 0) is 44.0 Å². The van der Waals surface area contributed by atoms with E-state index in [1.165, 1.54) is 0 Å². The fraction of sp³-hybridized carbons (Fsp3) is 0.647. The molecule has 1 aromatic carbocycles. The second-order valence-electron chi connectivity index (χ2n) is 5.74. The van der Waals surface area contributed by atoms with Gasteiger partial charge in [-0.2, -0.15) is 0 Å². The van der Waals surface area contributed by atoms with Crippen molar-refractivity contribution in [2.75, 3.05) is 19.8 Å². The molecule has 0 saturated carbocycles. The van der Waals surface area contributed by atoms with Crippen LogP contribution < -0.4 is 14.8 Å². The molecule has 0 aliphatic carbocycles. The summed E-state index contributed by atoms with van der Waals surface area (Å²) < 4.78 is 17.2. The first-order valence-corrected chi connectivity index (χ1v) is 7.92. The molecule has 0 aromatic heterocycles. The van der Waals surface area contributed by atoms with E-state index in [1.807, 2.05) is 31.2 Å². The van der Waals surface area contributed by atoms with Crippen molar-refractivity contribution >= 4 is 0 Å². The molecule has 1 aliphatic rings. The Hall–Kier alpha value is -1.26. The molecule has 1 saturated heterocycles. The van der Waals surface area contributed by atoms with Gasteiger partial charge in [-0.15, -0.1) is 0 Å². The Morgan fingerprint density at radius 1 is 1.10 bits per heavy atom. The molecule has 1 N–H and O–H groups in total. The molecule has 118 valence electrons. The van der Waals surface area contributed by atoms with Gasteiger partial charge in [0.2, 0.25) is 0 Å². The zero-order chi connectivity index (χ0) is 15.1. The van der Waals surface area contributed by atoms with Crippen LogP contribution >= 0.6 is 0 Å². The molecule has 4 nitrogen and oxygen atoms in total. The van der Waals surface area contributed by atoms with Gasteiger partial charge in [0.25, 0.3) is 0 Å². The lowest BCUT2D eigenvalue weighted by Gasteiger charge is -2.16. The second-order valence-corrected chi connectivity index (χ2v) is 5.74. The topological polar surface area (TPSA) is 39.7 Å². The summed E-state index contributed by atoms with van der Waals surface area (Å²) in [6.07, 6.45) is 2.70. The Bertz CT molecular complexity index is 405. The van der Waals surface area contributed by atoms with Gasteiger partial charge in [-0.1, -0.05) is 13.8 Å². The molecule has 0 bridgehead atoms. The van der Waals surface area contributed by atoms with Crippen molar-refractivity contribution in [3.63, 3.8) is 0 Å². The minimum absolute atomic E-state index is 0.204. The number of hydrogen-bond acceptors (Lipinski definition) is 4. The quantitative estimate of drug-likeness (QED) is 0.800. The molecule has 2 unspecified atom stereocenters. The molecular formula is C17H27NO3. The zero-order valence-electron chi connectivity index (χ0n) is 13.3. The summed E-state index contributed by atoms with van der Waals surface area (Å²) in [5.41, 5.74) is 0. The van der Waals surface area contributed by atoms with Gasteiger partial charge in [0, 0.05) is 12.6 Å². The lowest BCUT2D eigenvalue weighted by atomic mass is 10.2. The SMILES string of the molecule is CCOc1ccc(OCC2CCC(CNC(C)C)O2)cc1. The third kappa shape index (κ3) is 5.56. The van der Waals surface area contributed by atoms with E-state index in [0.29, 0.717) is 25.4 Å². The molecule has 1 aliphatic heterocycles. The van der Waals surface area contributed by atoms with Crippen molar-refractivity contribution in [1.82, 2.24) is 5.32 Å². The minimum atomic E-state index is 0.204. The van der Waals surface area contributed by atoms with E-state index in [-0.39, 0.29) is 6.10 Å². The summed E-state index contributed by atoms with van der Waals surface area (Å²) >= 11 is 0. The summed E-state index contributed by atoms with van der Waals surface area (Å²) in [7, 11) is 0. The van der Waals surface area contributed by atoms with Crippen LogP contribution in [0.1, 0.15) is 33.6 Å². The fourth-order valence-electron chi connectivity index (χ4n) is 2.41. The highest BCUT2D eigenvalue weighted by molar-refractivity contribution is 5.31. The third-order valence-corrected chi connectivity index (χ3v) is 3.52. The summed E-state index contributed by atoms with van der Waals surface area (Å²) in [5.74, 6) is 1.74. The first-order valence-electron chi connectivity index (χ1n) is 7.92. The van der Waals surface area contributed by atoms with E-state index in [1.54, 1.807) is 0 Å². The maximum absolute atomic E-state index is 5.98. The van der Waals surface area contributed by atoms with Gasteiger partial charge in [-0.25, -0.2) is 0 Å². The Morgan fingerprint density at radius 2 is 1.71 bits per heavy atom. The molecule has 0 amide bonds. The van der Waals surface area contributed by atoms with Crippen molar-refractivity contribution in [1.29, 1.82) is 0 Å². The zero-order valence-corrected chi connectivity index (χ0v) is 13.3. The standard InChI is InChI=1S/C17H27NO3/c1-4-19-14-5-7-15(8-6-14)20-12-17-10-9-16(21-17)11-18-13(2)3/h5-8,13,16-18H,4,9-12H2,1-3H3. The van der Waals surface area contributed by atoms with Gasteiger partial charge >= 0.3 is 0 Å². The van der Waals surface area contributed by atoms with E-state index >= 15 is 0 Å². The molecule has 21 heavy (non-hydrogen) atoms. The minimum Gasteiger partial charge on any atom is -0.494 e. The maximum atomic E-state index is 5.98.